The van der Waals surface area contributed by atoms with Gasteiger partial charge in [-0.05, 0) is 0 Å². The minimum absolute atomic E-state index is 0. The summed E-state index contributed by atoms with van der Waals surface area (Å²) in [6.45, 7) is 0. The average molecular weight is 302 g/mol. The Morgan fingerprint density at radius 2 is 1.09 bits per heavy atom. The van der Waals surface area contributed by atoms with Crippen molar-refractivity contribution in [1.29, 1.82) is 0 Å². The van der Waals surface area contributed by atoms with E-state index >= 15 is 0 Å². The third-order valence-electron chi connectivity index (χ3n) is 0.211. The summed E-state index contributed by atoms with van der Waals surface area (Å²) in [5.41, 5.74) is 0. The summed E-state index contributed by atoms with van der Waals surface area (Å²) in [6, 6.07) is 0. The van der Waals surface area contributed by atoms with Crippen LogP contribution in [0.5, 0.6) is 0 Å². The molecule has 0 atom stereocenters. The maximum Gasteiger partial charge on any atom is 0.348 e. The van der Waals surface area contributed by atoms with Crippen molar-refractivity contribution in [2.45, 2.75) is 0 Å². The first-order valence-corrected chi connectivity index (χ1v) is 4.32. The van der Waals surface area contributed by atoms with E-state index in [1.807, 2.05) is 0 Å². The van der Waals surface area contributed by atoms with Gasteiger partial charge in [-0.25, -0.2) is 0 Å². The zero-order chi connectivity index (χ0) is 7.71. The standard InChI is InChI=1S/Ag.H3NO6S2.H3N/c;2-8(3,4)1-9(5,6)7;/h;1H,(H,2,3,4)(H,5,6,7);1H3. The van der Waals surface area contributed by atoms with Crippen molar-refractivity contribution in [3.63, 3.8) is 0 Å². The third-order valence-corrected chi connectivity index (χ3v) is 1.90. The molecule has 0 saturated heterocycles. The molecule has 0 spiro atoms. The molecule has 11 heavy (non-hydrogen) atoms. The molecular weight excluding hydrogens is 296 g/mol. The molecule has 1 radical (unpaired) electrons. The predicted octanol–water partition coefficient (Wildman–Crippen LogP) is -1.66. The topological polar surface area (TPSA) is 156 Å². The summed E-state index contributed by atoms with van der Waals surface area (Å²) in [4.78, 5) is 0. The van der Waals surface area contributed by atoms with Gasteiger partial charge in [0, 0.05) is 22.4 Å². The third kappa shape index (κ3) is 17.9. The van der Waals surface area contributed by atoms with Crippen LogP contribution in [-0.2, 0) is 43.0 Å². The van der Waals surface area contributed by atoms with E-state index in [4.69, 9.17) is 9.11 Å². The van der Waals surface area contributed by atoms with Crippen LogP contribution in [0.15, 0.2) is 0 Å². The van der Waals surface area contributed by atoms with E-state index in [-0.39, 0.29) is 28.5 Å². The van der Waals surface area contributed by atoms with Crippen LogP contribution in [-0.4, -0.2) is 25.9 Å². The van der Waals surface area contributed by atoms with E-state index in [1.165, 1.54) is 0 Å². The Labute approximate surface area is 79.2 Å². The minimum Gasteiger partial charge on any atom is -0.344 e. The van der Waals surface area contributed by atoms with Crippen molar-refractivity contribution in [3.8, 4) is 0 Å². The van der Waals surface area contributed by atoms with Gasteiger partial charge in [-0.15, -0.1) is 0 Å². The molecule has 11 heteroatoms. The monoisotopic (exact) mass is 301 g/mol. The molecule has 0 rings (SSSR count). The molecule has 6 N–H and O–H groups in total. The van der Waals surface area contributed by atoms with Gasteiger partial charge >= 0.3 is 20.6 Å². The molecule has 0 fully saturated rings. The zero-order valence-corrected chi connectivity index (χ0v) is 7.97. The fourth-order valence-corrected chi connectivity index (χ4v) is 1.20. The Hall–Kier alpha value is 0.480. The van der Waals surface area contributed by atoms with Crippen LogP contribution in [0.3, 0.4) is 0 Å². The average Bonchev–Trinajstić information content (AvgIpc) is 1.14. The minimum atomic E-state index is -4.87. The Morgan fingerprint density at radius 3 is 1.09 bits per heavy atom. The van der Waals surface area contributed by atoms with Gasteiger partial charge in [0.2, 0.25) is 0 Å². The van der Waals surface area contributed by atoms with Crippen LogP contribution < -0.4 is 10.3 Å². The molecule has 0 aliphatic heterocycles. The molecule has 0 aliphatic rings. The normalized spacial score (nSPS) is 11.1. The second kappa shape index (κ2) is 5.18. The summed E-state index contributed by atoms with van der Waals surface area (Å²) in [6.07, 6.45) is 0. The molecular formula is H6AgN2O6S2. The summed E-state index contributed by atoms with van der Waals surface area (Å²) >= 11 is 0. The first-order valence-electron chi connectivity index (χ1n) is 1.44. The van der Waals surface area contributed by atoms with Crippen molar-refractivity contribution in [3.05, 3.63) is 0 Å². The van der Waals surface area contributed by atoms with E-state index in [9.17, 15) is 16.8 Å². The SMILES string of the molecule is N.O=S(=O)(O)NS(=O)(=O)O.[Ag]. The second-order valence-corrected chi connectivity index (χ2v) is 3.60. The van der Waals surface area contributed by atoms with E-state index in [2.05, 4.69) is 0 Å². The van der Waals surface area contributed by atoms with Gasteiger partial charge in [-0.2, -0.15) is 16.8 Å². The van der Waals surface area contributed by atoms with Gasteiger partial charge in [0.1, 0.15) is 0 Å². The van der Waals surface area contributed by atoms with Crippen LogP contribution >= 0.6 is 0 Å². The number of rotatable bonds is 2. The van der Waals surface area contributed by atoms with Crippen molar-refractivity contribution in [1.82, 2.24) is 10.3 Å². The maximum absolute atomic E-state index is 9.55. The maximum atomic E-state index is 9.55. The molecule has 0 aromatic rings. The Bertz CT molecular complexity index is 244. The molecule has 8 nitrogen and oxygen atoms in total. The molecule has 75 valence electrons. The Balaban J connectivity index is -0.000000320. The first kappa shape index (κ1) is 17.5. The molecule has 0 amide bonds. The number of hydrogen-bond donors (Lipinski definition) is 4. The summed E-state index contributed by atoms with van der Waals surface area (Å²) in [5.74, 6) is 0. The van der Waals surface area contributed by atoms with Crippen LogP contribution in [0.2, 0.25) is 0 Å². The van der Waals surface area contributed by atoms with Gasteiger partial charge in [0.15, 0.2) is 0 Å². The van der Waals surface area contributed by atoms with Crippen molar-refractivity contribution >= 4 is 20.6 Å². The van der Waals surface area contributed by atoms with E-state index in [0.717, 1.165) is 0 Å². The van der Waals surface area contributed by atoms with Crippen LogP contribution in [0, 0.1) is 0 Å². The Kier molecular flexibility index (Phi) is 8.26. The first-order chi connectivity index (χ1) is 3.71. The number of nitrogens with one attached hydrogen (secondary N) is 1. The van der Waals surface area contributed by atoms with Gasteiger partial charge < -0.3 is 6.15 Å². The van der Waals surface area contributed by atoms with Crippen LogP contribution in [0.1, 0.15) is 0 Å². The fraction of sp³-hybridized carbons (Fsp3) is 0. The molecule has 0 aromatic heterocycles. The summed E-state index contributed by atoms with van der Waals surface area (Å²) < 4.78 is 54.1. The van der Waals surface area contributed by atoms with Crippen LogP contribution in [0.25, 0.3) is 0 Å². The van der Waals surface area contributed by atoms with Gasteiger partial charge in [0.05, 0.1) is 0 Å². The Morgan fingerprint density at radius 1 is 0.909 bits per heavy atom. The van der Waals surface area contributed by atoms with Crippen LogP contribution in [0.4, 0.5) is 0 Å². The fourth-order valence-electron chi connectivity index (χ4n) is 0.133. The van der Waals surface area contributed by atoms with E-state index < -0.39 is 20.6 Å². The van der Waals surface area contributed by atoms with Crippen molar-refractivity contribution < 1.29 is 48.3 Å². The quantitative estimate of drug-likeness (QED) is 0.351. The smallest absolute Gasteiger partial charge is 0.344 e. The van der Waals surface area contributed by atoms with Crippen molar-refractivity contribution in [2.24, 2.45) is 0 Å². The molecule has 0 aliphatic carbocycles. The molecule has 0 unspecified atom stereocenters. The molecule has 0 saturated carbocycles. The molecule has 0 aromatic carbocycles. The van der Waals surface area contributed by atoms with E-state index in [0.29, 0.717) is 4.13 Å². The predicted molar refractivity (Wildman–Crippen MR) is 31.3 cm³/mol. The molecule has 0 heterocycles. The van der Waals surface area contributed by atoms with Gasteiger partial charge in [-0.3, -0.25) is 9.11 Å². The number of hydrogen-bond acceptors (Lipinski definition) is 5. The van der Waals surface area contributed by atoms with E-state index in [1.54, 1.807) is 0 Å². The van der Waals surface area contributed by atoms with Crippen molar-refractivity contribution in [2.75, 3.05) is 0 Å². The summed E-state index contributed by atoms with van der Waals surface area (Å²) in [7, 11) is -9.74. The second-order valence-electron chi connectivity index (χ2n) is 1.03. The zero-order valence-electron chi connectivity index (χ0n) is 4.85. The summed E-state index contributed by atoms with van der Waals surface area (Å²) in [5, 5.41) is 0. The largest absolute Gasteiger partial charge is 0.348 e. The van der Waals surface area contributed by atoms with Gasteiger partial charge in [-0.1, -0.05) is 4.13 Å². The molecule has 0 bridgehead atoms. The van der Waals surface area contributed by atoms with Gasteiger partial charge in [0.25, 0.3) is 0 Å².